The molecule has 0 spiro atoms. The first-order valence-corrected chi connectivity index (χ1v) is 9.30. The third kappa shape index (κ3) is 4.36. The number of carbonyl (C=O) groups excluding carboxylic acids is 3. The summed E-state index contributed by atoms with van der Waals surface area (Å²) >= 11 is 1.87. The molecule has 0 aliphatic carbocycles. The quantitative estimate of drug-likeness (QED) is 0.787. The second kappa shape index (κ2) is 7.81. The van der Waals surface area contributed by atoms with Crippen molar-refractivity contribution in [3.05, 3.63) is 29.8 Å². The number of amides is 3. The summed E-state index contributed by atoms with van der Waals surface area (Å²) in [5, 5.41) is 6.23. The maximum absolute atomic E-state index is 12.1. The van der Waals surface area contributed by atoms with Crippen LogP contribution >= 0.6 is 11.8 Å². The lowest BCUT2D eigenvalue weighted by Gasteiger charge is -2.22. The predicted octanol–water partition coefficient (Wildman–Crippen LogP) is 1.37. The van der Waals surface area contributed by atoms with Crippen molar-refractivity contribution in [3.8, 4) is 0 Å². The maximum atomic E-state index is 12.1. The second-order valence-corrected chi connectivity index (χ2v) is 7.20. The van der Waals surface area contributed by atoms with Gasteiger partial charge in [-0.25, -0.2) is 0 Å². The molecule has 2 aliphatic heterocycles. The first kappa shape index (κ1) is 17.0. The summed E-state index contributed by atoms with van der Waals surface area (Å²) in [5.74, 6) is 1.82. The van der Waals surface area contributed by atoms with Gasteiger partial charge in [-0.05, 0) is 17.7 Å². The van der Waals surface area contributed by atoms with Crippen molar-refractivity contribution in [2.75, 3.05) is 23.4 Å². The molecule has 1 unspecified atom stereocenters. The summed E-state index contributed by atoms with van der Waals surface area (Å²) in [5.41, 5.74) is 1.60. The highest BCUT2D eigenvalue weighted by Gasteiger charge is 2.28. The lowest BCUT2D eigenvalue weighted by Crippen LogP contribution is -2.39. The minimum absolute atomic E-state index is 0.00681. The van der Waals surface area contributed by atoms with E-state index in [0.717, 1.165) is 29.3 Å². The number of imide groups is 1. The molecule has 2 saturated heterocycles. The highest BCUT2D eigenvalue weighted by Crippen LogP contribution is 2.18. The molecule has 2 aliphatic rings. The third-order valence-corrected chi connectivity index (χ3v) is 5.29. The molecule has 24 heavy (non-hydrogen) atoms. The number of likely N-dealkylation sites (tertiary alicyclic amines) is 1. The summed E-state index contributed by atoms with van der Waals surface area (Å²) in [6.45, 7) is 1.25. The molecule has 1 aromatic carbocycles. The molecule has 0 saturated carbocycles. The first-order chi connectivity index (χ1) is 11.6. The Balaban J connectivity index is 1.51. The molecule has 128 valence electrons. The fraction of sp³-hybridized carbons (Fsp3) is 0.471. The molecule has 6 nitrogen and oxygen atoms in total. The topological polar surface area (TPSA) is 78.5 Å². The highest BCUT2D eigenvalue weighted by atomic mass is 32.2. The molecule has 0 aromatic heterocycles. The van der Waals surface area contributed by atoms with Crippen LogP contribution < -0.4 is 10.6 Å². The zero-order valence-electron chi connectivity index (χ0n) is 13.4. The molecule has 0 bridgehead atoms. The molecule has 3 rings (SSSR count). The van der Waals surface area contributed by atoms with E-state index in [0.29, 0.717) is 25.8 Å². The largest absolute Gasteiger partial charge is 0.326 e. The fourth-order valence-electron chi connectivity index (χ4n) is 2.86. The third-order valence-electron chi connectivity index (χ3n) is 4.16. The van der Waals surface area contributed by atoms with Crippen LogP contribution in [0.4, 0.5) is 5.69 Å². The van der Waals surface area contributed by atoms with Gasteiger partial charge in [-0.3, -0.25) is 19.3 Å². The number of benzene rings is 1. The van der Waals surface area contributed by atoms with Crippen molar-refractivity contribution in [2.24, 2.45) is 0 Å². The van der Waals surface area contributed by atoms with Crippen LogP contribution in [0.15, 0.2) is 24.3 Å². The molecule has 0 radical (unpaired) electrons. The monoisotopic (exact) mass is 347 g/mol. The minimum Gasteiger partial charge on any atom is -0.326 e. The van der Waals surface area contributed by atoms with Crippen LogP contribution in [0.5, 0.6) is 0 Å². The van der Waals surface area contributed by atoms with E-state index < -0.39 is 0 Å². The summed E-state index contributed by atoms with van der Waals surface area (Å²) in [4.78, 5) is 36.6. The standard InChI is InChI=1S/C17H21N3O3S/c21-15(9-14-11-24-8-7-18-14)19-13-3-1-12(2-4-13)10-20-16(22)5-6-17(20)23/h1-4,14,18H,5-11H2,(H,19,21). The van der Waals surface area contributed by atoms with Crippen LogP contribution in [0.2, 0.25) is 0 Å². The van der Waals surface area contributed by atoms with Gasteiger partial charge in [0, 0.05) is 49.0 Å². The summed E-state index contributed by atoms with van der Waals surface area (Å²) in [6, 6.07) is 7.52. The molecule has 1 aromatic rings. The van der Waals surface area contributed by atoms with Gasteiger partial charge in [0.15, 0.2) is 0 Å². The van der Waals surface area contributed by atoms with E-state index in [2.05, 4.69) is 10.6 Å². The smallest absolute Gasteiger partial charge is 0.229 e. The number of thioether (sulfide) groups is 1. The average molecular weight is 347 g/mol. The Hall–Kier alpha value is -1.86. The molecular weight excluding hydrogens is 326 g/mol. The first-order valence-electron chi connectivity index (χ1n) is 8.15. The Morgan fingerprint density at radius 3 is 2.54 bits per heavy atom. The number of anilines is 1. The lowest BCUT2D eigenvalue weighted by molar-refractivity contribution is -0.139. The summed E-state index contributed by atoms with van der Waals surface area (Å²) in [7, 11) is 0. The van der Waals surface area contributed by atoms with Gasteiger partial charge in [0.1, 0.15) is 0 Å². The number of nitrogens with zero attached hydrogens (tertiary/aromatic N) is 1. The van der Waals surface area contributed by atoms with Crippen LogP contribution in [0, 0.1) is 0 Å². The lowest BCUT2D eigenvalue weighted by atomic mass is 10.1. The predicted molar refractivity (Wildman–Crippen MR) is 93.6 cm³/mol. The molecule has 1 atom stereocenters. The second-order valence-electron chi connectivity index (χ2n) is 6.05. The van der Waals surface area contributed by atoms with Crippen LogP contribution in [0.3, 0.4) is 0 Å². The Bertz CT molecular complexity index is 610. The van der Waals surface area contributed by atoms with Crippen molar-refractivity contribution >= 4 is 35.2 Å². The van der Waals surface area contributed by atoms with Crippen LogP contribution in [-0.2, 0) is 20.9 Å². The number of carbonyl (C=O) groups is 3. The van der Waals surface area contributed by atoms with Gasteiger partial charge < -0.3 is 10.6 Å². The Morgan fingerprint density at radius 1 is 1.21 bits per heavy atom. The number of rotatable bonds is 5. The van der Waals surface area contributed by atoms with Crippen LogP contribution in [0.25, 0.3) is 0 Å². The van der Waals surface area contributed by atoms with Crippen LogP contribution in [-0.4, -0.2) is 46.7 Å². The van der Waals surface area contributed by atoms with Gasteiger partial charge in [0.05, 0.1) is 6.54 Å². The van der Waals surface area contributed by atoms with E-state index >= 15 is 0 Å². The van der Waals surface area contributed by atoms with Gasteiger partial charge in [-0.15, -0.1) is 0 Å². The van der Waals surface area contributed by atoms with Crippen molar-refractivity contribution < 1.29 is 14.4 Å². The molecule has 2 N–H and O–H groups in total. The normalized spacial score (nSPS) is 21.2. The molecule has 3 amide bonds. The molecule has 2 fully saturated rings. The van der Waals surface area contributed by atoms with Crippen LogP contribution in [0.1, 0.15) is 24.8 Å². The number of nitrogens with one attached hydrogen (secondary N) is 2. The SMILES string of the molecule is O=C(CC1CSCCN1)Nc1ccc(CN2C(=O)CCC2=O)cc1. The average Bonchev–Trinajstić information content (AvgIpc) is 2.89. The molecule has 7 heteroatoms. The number of hydrogen-bond acceptors (Lipinski definition) is 5. The zero-order chi connectivity index (χ0) is 16.9. The zero-order valence-corrected chi connectivity index (χ0v) is 14.2. The molecular formula is C17H21N3O3S. The van der Waals surface area contributed by atoms with Gasteiger partial charge in [0.2, 0.25) is 17.7 Å². The minimum atomic E-state index is -0.116. The highest BCUT2D eigenvalue weighted by molar-refractivity contribution is 7.99. The maximum Gasteiger partial charge on any atom is 0.229 e. The Labute approximate surface area is 145 Å². The van der Waals surface area contributed by atoms with E-state index in [4.69, 9.17) is 0 Å². The summed E-state index contributed by atoms with van der Waals surface area (Å²) in [6.07, 6.45) is 1.08. The summed E-state index contributed by atoms with van der Waals surface area (Å²) < 4.78 is 0. The van der Waals surface area contributed by atoms with E-state index in [1.54, 1.807) is 12.1 Å². The van der Waals surface area contributed by atoms with Gasteiger partial charge in [0.25, 0.3) is 0 Å². The van der Waals surface area contributed by atoms with Gasteiger partial charge >= 0.3 is 0 Å². The molecule has 2 heterocycles. The number of hydrogen-bond donors (Lipinski definition) is 2. The fourth-order valence-corrected chi connectivity index (χ4v) is 3.81. The van der Waals surface area contributed by atoms with Gasteiger partial charge in [-0.2, -0.15) is 11.8 Å². The Kier molecular flexibility index (Phi) is 5.52. The van der Waals surface area contributed by atoms with Crippen molar-refractivity contribution in [2.45, 2.75) is 31.8 Å². The van der Waals surface area contributed by atoms with E-state index in [9.17, 15) is 14.4 Å². The van der Waals surface area contributed by atoms with Crippen molar-refractivity contribution in [3.63, 3.8) is 0 Å². The van der Waals surface area contributed by atoms with E-state index in [1.807, 2.05) is 23.9 Å². The van der Waals surface area contributed by atoms with E-state index in [1.165, 1.54) is 4.90 Å². The Morgan fingerprint density at radius 2 is 1.92 bits per heavy atom. The van der Waals surface area contributed by atoms with Gasteiger partial charge in [-0.1, -0.05) is 12.1 Å². The van der Waals surface area contributed by atoms with E-state index in [-0.39, 0.29) is 23.8 Å². The van der Waals surface area contributed by atoms with Crippen molar-refractivity contribution in [1.29, 1.82) is 0 Å². The van der Waals surface area contributed by atoms with Crippen molar-refractivity contribution in [1.82, 2.24) is 10.2 Å².